The molecule has 0 spiro atoms. The van der Waals surface area contributed by atoms with Crippen LogP contribution in [-0.4, -0.2) is 58.9 Å². The van der Waals surface area contributed by atoms with Crippen LogP contribution in [0.3, 0.4) is 0 Å². The Morgan fingerprint density at radius 1 is 1.00 bits per heavy atom. The molecule has 0 unspecified atom stereocenters. The Hall–Kier alpha value is -0.383. The number of benzene rings is 1. The standard InChI is InChI=1S/C25H44O5S2Si/c1-24(2,3)33(8,9)30-13-10-12-25(31-14-11-15-32-25)18-19-16-20(26-4)17-21(27-5)22(19)23(28-6)29-7/h16-17,23H,10-15,18H2,1-9H3. The molecule has 0 amide bonds. The third-order valence-corrected chi connectivity index (χ3v) is 14.8. The van der Waals surface area contributed by atoms with Crippen molar-refractivity contribution in [2.24, 2.45) is 0 Å². The average Bonchev–Trinajstić information content (AvgIpc) is 2.78. The molecular formula is C25H44O5S2Si. The molecule has 0 radical (unpaired) electrons. The largest absolute Gasteiger partial charge is 0.497 e. The first kappa shape index (κ1) is 28.9. The normalized spacial score (nSPS) is 16.8. The van der Waals surface area contributed by atoms with Gasteiger partial charge >= 0.3 is 0 Å². The van der Waals surface area contributed by atoms with Crippen LogP contribution in [0, 0.1) is 0 Å². The van der Waals surface area contributed by atoms with Crippen molar-refractivity contribution in [2.75, 3.05) is 46.6 Å². The highest BCUT2D eigenvalue weighted by Gasteiger charge is 2.38. The molecule has 5 nitrogen and oxygen atoms in total. The van der Waals surface area contributed by atoms with Gasteiger partial charge in [0.05, 0.1) is 23.9 Å². The van der Waals surface area contributed by atoms with Crippen LogP contribution in [0.5, 0.6) is 11.5 Å². The first-order valence-corrected chi connectivity index (χ1v) is 16.6. The van der Waals surface area contributed by atoms with Gasteiger partial charge in [0.1, 0.15) is 11.5 Å². The van der Waals surface area contributed by atoms with Crippen molar-refractivity contribution in [1.82, 2.24) is 0 Å². The second-order valence-electron chi connectivity index (χ2n) is 10.1. The van der Waals surface area contributed by atoms with Gasteiger partial charge in [-0.15, -0.1) is 23.5 Å². The molecule has 0 aliphatic carbocycles. The number of hydrogen-bond acceptors (Lipinski definition) is 7. The smallest absolute Gasteiger partial charge is 0.191 e. The van der Waals surface area contributed by atoms with Crippen LogP contribution in [0.4, 0.5) is 0 Å². The van der Waals surface area contributed by atoms with Crippen molar-refractivity contribution in [3.8, 4) is 11.5 Å². The molecule has 0 atom stereocenters. The van der Waals surface area contributed by atoms with Crippen LogP contribution in [-0.2, 0) is 20.3 Å². The zero-order chi connectivity index (χ0) is 24.7. The summed E-state index contributed by atoms with van der Waals surface area (Å²) in [7, 11) is 4.98. The van der Waals surface area contributed by atoms with Gasteiger partial charge in [0.2, 0.25) is 0 Å². The predicted molar refractivity (Wildman–Crippen MR) is 145 cm³/mol. The fraction of sp³-hybridized carbons (Fsp3) is 0.760. The summed E-state index contributed by atoms with van der Waals surface area (Å²) in [6.45, 7) is 12.4. The van der Waals surface area contributed by atoms with E-state index in [1.807, 2.05) is 6.07 Å². The summed E-state index contributed by atoms with van der Waals surface area (Å²) in [6, 6.07) is 4.03. The second-order valence-corrected chi connectivity index (χ2v) is 18.1. The molecule has 2 rings (SSSR count). The van der Waals surface area contributed by atoms with E-state index >= 15 is 0 Å². The van der Waals surface area contributed by atoms with Crippen molar-refractivity contribution < 1.29 is 23.4 Å². The Morgan fingerprint density at radius 3 is 2.15 bits per heavy atom. The minimum Gasteiger partial charge on any atom is -0.497 e. The maximum Gasteiger partial charge on any atom is 0.191 e. The molecule has 1 aromatic carbocycles. The van der Waals surface area contributed by atoms with Gasteiger partial charge in [-0.2, -0.15) is 0 Å². The summed E-state index contributed by atoms with van der Waals surface area (Å²) in [5.41, 5.74) is 2.11. The fourth-order valence-corrected chi connectivity index (χ4v) is 8.33. The highest BCUT2D eigenvalue weighted by atomic mass is 32.2. The number of thioether (sulfide) groups is 2. The molecule has 0 aromatic heterocycles. The summed E-state index contributed by atoms with van der Waals surface area (Å²) >= 11 is 4.17. The maximum absolute atomic E-state index is 6.49. The van der Waals surface area contributed by atoms with Gasteiger partial charge in [-0.1, -0.05) is 20.8 Å². The Balaban J connectivity index is 2.29. The van der Waals surface area contributed by atoms with Gasteiger partial charge in [-0.05, 0) is 67.0 Å². The SMILES string of the molecule is COc1cc(CC2(CCCO[Si](C)(C)C(C)(C)C)SCCCS2)c(C(OC)OC)c(OC)c1. The summed E-state index contributed by atoms with van der Waals surface area (Å²) in [5, 5.41) is 0.236. The topological polar surface area (TPSA) is 46.2 Å². The van der Waals surface area contributed by atoms with E-state index in [0.29, 0.717) is 0 Å². The van der Waals surface area contributed by atoms with E-state index in [2.05, 4.69) is 63.5 Å². The zero-order valence-corrected chi connectivity index (χ0v) is 24.7. The first-order chi connectivity index (χ1) is 15.5. The summed E-state index contributed by atoms with van der Waals surface area (Å²) in [6.07, 6.45) is 3.82. The van der Waals surface area contributed by atoms with E-state index in [1.54, 1.807) is 28.4 Å². The minimum absolute atomic E-state index is 0.0905. The molecule has 0 saturated carbocycles. The lowest BCUT2D eigenvalue weighted by molar-refractivity contribution is -0.107. The van der Waals surface area contributed by atoms with Gasteiger partial charge < -0.3 is 23.4 Å². The van der Waals surface area contributed by atoms with E-state index in [9.17, 15) is 0 Å². The number of ether oxygens (including phenoxy) is 4. The van der Waals surface area contributed by atoms with Crippen LogP contribution in [0.2, 0.25) is 18.1 Å². The Labute approximate surface area is 211 Å². The van der Waals surface area contributed by atoms with Gasteiger partial charge in [-0.25, -0.2) is 0 Å². The monoisotopic (exact) mass is 516 g/mol. The van der Waals surface area contributed by atoms with E-state index in [-0.39, 0.29) is 9.12 Å². The molecule has 0 bridgehead atoms. The molecule has 1 aliphatic heterocycles. The van der Waals surface area contributed by atoms with E-state index in [4.69, 9.17) is 23.4 Å². The fourth-order valence-electron chi connectivity index (χ4n) is 3.82. The van der Waals surface area contributed by atoms with Crippen molar-refractivity contribution in [3.63, 3.8) is 0 Å². The van der Waals surface area contributed by atoms with Crippen molar-refractivity contribution >= 4 is 31.8 Å². The number of rotatable bonds is 12. The van der Waals surface area contributed by atoms with E-state index in [0.717, 1.165) is 48.5 Å². The van der Waals surface area contributed by atoms with Crippen molar-refractivity contribution in [1.29, 1.82) is 0 Å². The van der Waals surface area contributed by atoms with Gasteiger partial charge in [0, 0.05) is 26.9 Å². The van der Waals surface area contributed by atoms with Crippen molar-refractivity contribution in [2.45, 2.75) is 75.0 Å². The summed E-state index contributed by atoms with van der Waals surface area (Å²) in [5.74, 6) is 3.90. The second kappa shape index (κ2) is 12.5. The number of methoxy groups -OCH3 is 4. The van der Waals surface area contributed by atoms with Crippen LogP contribution < -0.4 is 9.47 Å². The van der Waals surface area contributed by atoms with Gasteiger partial charge in [0.15, 0.2) is 14.6 Å². The Morgan fingerprint density at radius 2 is 1.64 bits per heavy atom. The lowest BCUT2D eigenvalue weighted by Gasteiger charge is -2.39. The summed E-state index contributed by atoms with van der Waals surface area (Å²) < 4.78 is 29.2. The Kier molecular flexibility index (Phi) is 11.0. The first-order valence-electron chi connectivity index (χ1n) is 11.7. The molecule has 1 aliphatic rings. The maximum atomic E-state index is 6.49. The van der Waals surface area contributed by atoms with Crippen molar-refractivity contribution in [3.05, 3.63) is 23.3 Å². The lowest BCUT2D eigenvalue weighted by Crippen LogP contribution is -2.41. The van der Waals surface area contributed by atoms with E-state index < -0.39 is 14.6 Å². The highest BCUT2D eigenvalue weighted by molar-refractivity contribution is 8.18. The summed E-state index contributed by atoms with van der Waals surface area (Å²) in [4.78, 5) is 0. The van der Waals surface area contributed by atoms with Gasteiger partial charge in [-0.3, -0.25) is 0 Å². The van der Waals surface area contributed by atoms with E-state index in [1.165, 1.54) is 17.9 Å². The van der Waals surface area contributed by atoms with Crippen LogP contribution in [0.1, 0.15) is 57.5 Å². The molecule has 8 heteroatoms. The molecule has 1 heterocycles. The van der Waals surface area contributed by atoms with Gasteiger partial charge in [0.25, 0.3) is 0 Å². The quantitative estimate of drug-likeness (QED) is 0.170. The molecule has 1 fully saturated rings. The molecule has 0 N–H and O–H groups in total. The molecule has 33 heavy (non-hydrogen) atoms. The Bertz CT molecular complexity index is 741. The lowest BCUT2D eigenvalue weighted by atomic mass is 9.98. The third-order valence-electron chi connectivity index (χ3n) is 6.77. The predicted octanol–water partition coefficient (Wildman–Crippen LogP) is 6.91. The van der Waals surface area contributed by atoms with Crippen LogP contribution >= 0.6 is 23.5 Å². The van der Waals surface area contributed by atoms with Crippen LogP contribution in [0.25, 0.3) is 0 Å². The molecule has 190 valence electrons. The molecule has 1 saturated heterocycles. The highest BCUT2D eigenvalue weighted by Crippen LogP contribution is 2.50. The molecular weight excluding hydrogens is 472 g/mol. The molecule has 1 aromatic rings. The number of hydrogen-bond donors (Lipinski definition) is 0. The average molecular weight is 517 g/mol. The zero-order valence-electron chi connectivity index (χ0n) is 22.0. The minimum atomic E-state index is -1.73. The third kappa shape index (κ3) is 7.55. The van der Waals surface area contributed by atoms with Crippen LogP contribution in [0.15, 0.2) is 12.1 Å².